The molecule has 0 bridgehead atoms. The fraction of sp³-hybridized carbons (Fsp3) is 0.938. The van der Waals surface area contributed by atoms with E-state index < -0.39 is 5.54 Å². The minimum atomic E-state index is -0.453. The maximum Gasteiger partial charge on any atom is 0.326 e. The van der Waals surface area contributed by atoms with Crippen LogP contribution in [0.25, 0.3) is 0 Å². The number of hydrogen-bond donors (Lipinski definition) is 1. The van der Waals surface area contributed by atoms with Gasteiger partial charge in [-0.2, -0.15) is 0 Å². The number of likely N-dealkylation sites (N-methyl/N-ethyl adjacent to an activating group) is 1. The third kappa shape index (κ3) is 2.83. The zero-order valence-electron chi connectivity index (χ0n) is 13.4. The number of methoxy groups -OCH3 is 1. The number of likely N-dealkylation sites (tertiary alicyclic amines) is 2. The molecule has 1 aliphatic carbocycles. The molecule has 3 atom stereocenters. The van der Waals surface area contributed by atoms with Crippen LogP contribution < -0.4 is 5.32 Å². The third-order valence-electron chi connectivity index (χ3n) is 5.91. The Hall–Kier alpha value is -0.650. The predicted molar refractivity (Wildman–Crippen MR) is 82.2 cm³/mol. The Morgan fingerprint density at radius 3 is 2.57 bits per heavy atom. The van der Waals surface area contributed by atoms with Crippen LogP contribution in [0.2, 0.25) is 0 Å². The van der Waals surface area contributed by atoms with E-state index in [9.17, 15) is 4.79 Å². The maximum absolute atomic E-state index is 12.1. The molecule has 0 radical (unpaired) electrons. The molecule has 21 heavy (non-hydrogen) atoms. The zero-order valence-corrected chi connectivity index (χ0v) is 13.4. The lowest BCUT2D eigenvalue weighted by Gasteiger charge is -2.29. The molecule has 3 fully saturated rings. The van der Waals surface area contributed by atoms with Crippen LogP contribution in [0.5, 0.6) is 0 Å². The van der Waals surface area contributed by atoms with E-state index in [1.807, 2.05) is 7.05 Å². The molecular formula is C16H29N3O2. The minimum Gasteiger partial charge on any atom is -0.468 e. The highest BCUT2D eigenvalue weighted by atomic mass is 16.5. The van der Waals surface area contributed by atoms with Crippen LogP contribution >= 0.6 is 0 Å². The quantitative estimate of drug-likeness (QED) is 0.779. The Morgan fingerprint density at radius 2 is 1.90 bits per heavy atom. The summed E-state index contributed by atoms with van der Waals surface area (Å²) in [6, 6.07) is 1.28. The van der Waals surface area contributed by atoms with Crippen LogP contribution in [-0.4, -0.2) is 73.7 Å². The van der Waals surface area contributed by atoms with E-state index in [4.69, 9.17) is 4.74 Å². The van der Waals surface area contributed by atoms with E-state index in [1.54, 1.807) is 0 Å². The number of rotatable bonds is 4. The van der Waals surface area contributed by atoms with Crippen molar-refractivity contribution < 1.29 is 9.53 Å². The van der Waals surface area contributed by atoms with Crippen molar-refractivity contribution in [3.05, 3.63) is 0 Å². The van der Waals surface area contributed by atoms with Crippen molar-refractivity contribution in [2.75, 3.05) is 40.3 Å². The van der Waals surface area contributed by atoms with Crippen molar-refractivity contribution >= 4 is 5.97 Å². The first kappa shape index (κ1) is 15.3. The number of esters is 1. The van der Waals surface area contributed by atoms with Crippen molar-refractivity contribution in [3.63, 3.8) is 0 Å². The van der Waals surface area contributed by atoms with Gasteiger partial charge in [-0.05, 0) is 58.7 Å². The fourth-order valence-corrected chi connectivity index (χ4v) is 4.55. The van der Waals surface area contributed by atoms with Crippen molar-refractivity contribution in [3.8, 4) is 0 Å². The van der Waals surface area contributed by atoms with E-state index in [-0.39, 0.29) is 5.97 Å². The van der Waals surface area contributed by atoms with Gasteiger partial charge in [0.1, 0.15) is 5.54 Å². The highest BCUT2D eigenvalue weighted by Crippen LogP contribution is 2.36. The van der Waals surface area contributed by atoms with Crippen LogP contribution in [-0.2, 0) is 9.53 Å². The van der Waals surface area contributed by atoms with Crippen molar-refractivity contribution in [1.29, 1.82) is 0 Å². The molecule has 2 saturated heterocycles. The van der Waals surface area contributed by atoms with Crippen LogP contribution in [0.1, 0.15) is 38.5 Å². The largest absolute Gasteiger partial charge is 0.468 e. The van der Waals surface area contributed by atoms with Gasteiger partial charge in [-0.25, -0.2) is 0 Å². The highest BCUT2D eigenvalue weighted by molar-refractivity contribution is 5.81. The molecule has 5 nitrogen and oxygen atoms in total. The van der Waals surface area contributed by atoms with Gasteiger partial charge in [0.15, 0.2) is 0 Å². The summed E-state index contributed by atoms with van der Waals surface area (Å²) < 4.78 is 5.01. The average Bonchev–Trinajstić information content (AvgIpc) is 3.23. The Labute approximate surface area is 128 Å². The lowest BCUT2D eigenvalue weighted by Crippen LogP contribution is -2.50. The van der Waals surface area contributed by atoms with Crippen LogP contribution in [0, 0.1) is 0 Å². The molecule has 0 aromatic carbocycles. The smallest absolute Gasteiger partial charge is 0.326 e. The molecule has 3 aliphatic rings. The molecule has 0 aromatic heterocycles. The Bertz CT molecular complexity index is 384. The first-order valence-corrected chi connectivity index (χ1v) is 8.44. The van der Waals surface area contributed by atoms with Gasteiger partial charge in [-0.1, -0.05) is 0 Å². The lowest BCUT2D eigenvalue weighted by molar-refractivity contribution is -0.148. The van der Waals surface area contributed by atoms with Gasteiger partial charge < -0.3 is 10.1 Å². The van der Waals surface area contributed by atoms with Gasteiger partial charge >= 0.3 is 5.97 Å². The zero-order chi connectivity index (χ0) is 14.9. The number of carbonyl (C=O) groups excluding carboxylic acids is 1. The van der Waals surface area contributed by atoms with Crippen LogP contribution in [0.15, 0.2) is 0 Å². The van der Waals surface area contributed by atoms with Crippen LogP contribution in [0.3, 0.4) is 0 Å². The highest BCUT2D eigenvalue weighted by Gasteiger charge is 2.47. The topological polar surface area (TPSA) is 44.8 Å². The number of nitrogens with zero attached hydrogens (tertiary/aromatic N) is 2. The summed E-state index contributed by atoms with van der Waals surface area (Å²) in [5.41, 5.74) is -0.453. The van der Waals surface area contributed by atoms with Gasteiger partial charge in [0, 0.05) is 25.2 Å². The predicted octanol–water partition coefficient (Wildman–Crippen LogP) is 0.840. The molecule has 120 valence electrons. The molecule has 5 heteroatoms. The van der Waals surface area contributed by atoms with Crippen LogP contribution in [0.4, 0.5) is 0 Å². The number of carbonyl (C=O) groups is 1. The molecule has 1 saturated carbocycles. The molecule has 0 spiro atoms. The Balaban J connectivity index is 1.58. The van der Waals surface area contributed by atoms with Gasteiger partial charge in [-0.3, -0.25) is 14.6 Å². The van der Waals surface area contributed by atoms with Gasteiger partial charge in [0.2, 0.25) is 0 Å². The minimum absolute atomic E-state index is 0.0946. The van der Waals surface area contributed by atoms with Crippen molar-refractivity contribution in [2.24, 2.45) is 0 Å². The van der Waals surface area contributed by atoms with Crippen molar-refractivity contribution in [1.82, 2.24) is 15.1 Å². The molecule has 2 heterocycles. The molecule has 3 unspecified atom stereocenters. The number of ether oxygens (including phenoxy) is 1. The first-order chi connectivity index (χ1) is 10.2. The second-order valence-electron chi connectivity index (χ2n) is 6.90. The molecular weight excluding hydrogens is 266 g/mol. The monoisotopic (exact) mass is 295 g/mol. The molecule has 0 aromatic rings. The second-order valence-corrected chi connectivity index (χ2v) is 6.90. The summed E-state index contributed by atoms with van der Waals surface area (Å²) in [5, 5.41) is 3.24. The SMILES string of the molecule is CNC1(C(=O)OC)CCC(N2CCC(N3CCCC3)C2)C1. The first-order valence-electron chi connectivity index (χ1n) is 8.44. The second kappa shape index (κ2) is 6.23. The summed E-state index contributed by atoms with van der Waals surface area (Å²) in [6.07, 6.45) is 6.91. The number of hydrogen-bond acceptors (Lipinski definition) is 5. The van der Waals surface area contributed by atoms with Gasteiger partial charge in [-0.15, -0.1) is 0 Å². The van der Waals surface area contributed by atoms with Gasteiger partial charge in [0.05, 0.1) is 7.11 Å². The van der Waals surface area contributed by atoms with E-state index in [0.29, 0.717) is 6.04 Å². The Morgan fingerprint density at radius 1 is 1.14 bits per heavy atom. The summed E-state index contributed by atoms with van der Waals surface area (Å²) in [4.78, 5) is 17.4. The standard InChI is InChI=1S/C16H29N3O2/c1-17-16(15(20)21-2)7-5-13(11-16)19-10-6-14(12-19)18-8-3-4-9-18/h13-14,17H,3-12H2,1-2H3. The van der Waals surface area contributed by atoms with E-state index in [2.05, 4.69) is 15.1 Å². The van der Waals surface area contributed by atoms with E-state index in [0.717, 1.165) is 25.3 Å². The van der Waals surface area contributed by atoms with E-state index >= 15 is 0 Å². The lowest BCUT2D eigenvalue weighted by atomic mass is 9.97. The summed E-state index contributed by atoms with van der Waals surface area (Å²) in [7, 11) is 3.38. The number of nitrogens with one attached hydrogen (secondary N) is 1. The normalized spacial score (nSPS) is 38.2. The molecule has 2 aliphatic heterocycles. The average molecular weight is 295 g/mol. The summed E-state index contributed by atoms with van der Waals surface area (Å²) >= 11 is 0. The van der Waals surface area contributed by atoms with E-state index in [1.165, 1.54) is 52.6 Å². The van der Waals surface area contributed by atoms with Crippen molar-refractivity contribution in [2.45, 2.75) is 56.1 Å². The summed E-state index contributed by atoms with van der Waals surface area (Å²) in [6.45, 7) is 4.94. The Kier molecular flexibility index (Phi) is 4.52. The maximum atomic E-state index is 12.1. The third-order valence-corrected chi connectivity index (χ3v) is 5.91. The summed E-state index contributed by atoms with van der Waals surface area (Å²) in [5.74, 6) is -0.0946. The van der Waals surface area contributed by atoms with Gasteiger partial charge in [0.25, 0.3) is 0 Å². The molecule has 0 amide bonds. The molecule has 1 N–H and O–H groups in total. The molecule has 3 rings (SSSR count). The fourth-order valence-electron chi connectivity index (χ4n) is 4.55.